The van der Waals surface area contributed by atoms with Crippen molar-refractivity contribution in [3.05, 3.63) is 59.7 Å². The first-order chi connectivity index (χ1) is 9.92. The van der Waals surface area contributed by atoms with Crippen molar-refractivity contribution in [1.82, 2.24) is 0 Å². The Kier molecular flexibility index (Phi) is 4.25. The molecular formula is C14H15N3O3S. The molecule has 0 bridgehead atoms. The molecule has 2 aromatic carbocycles. The highest BCUT2D eigenvalue weighted by Crippen LogP contribution is 2.18. The predicted molar refractivity (Wildman–Crippen MR) is 80.1 cm³/mol. The Bertz CT molecular complexity index is 773. The minimum absolute atomic E-state index is 0.106. The summed E-state index contributed by atoms with van der Waals surface area (Å²) in [5.74, 6) is -0.624. The smallest absolute Gasteiger partial charge is 0.261 e. The van der Waals surface area contributed by atoms with Gasteiger partial charge in [0, 0.05) is 17.8 Å². The first-order valence-electron chi connectivity index (χ1n) is 6.14. The van der Waals surface area contributed by atoms with Crippen LogP contribution in [-0.4, -0.2) is 14.3 Å². The summed E-state index contributed by atoms with van der Waals surface area (Å²) in [6, 6.07) is 12.3. The van der Waals surface area contributed by atoms with Gasteiger partial charge in [0.25, 0.3) is 10.0 Å². The highest BCUT2D eigenvalue weighted by molar-refractivity contribution is 7.92. The summed E-state index contributed by atoms with van der Waals surface area (Å²) >= 11 is 0. The van der Waals surface area contributed by atoms with Crippen LogP contribution in [0.4, 0.5) is 5.69 Å². The van der Waals surface area contributed by atoms with Crippen LogP contribution in [0.5, 0.6) is 0 Å². The van der Waals surface area contributed by atoms with Gasteiger partial charge in [0.05, 0.1) is 4.90 Å². The van der Waals surface area contributed by atoms with Crippen molar-refractivity contribution in [2.75, 3.05) is 4.72 Å². The number of amides is 1. The van der Waals surface area contributed by atoms with E-state index >= 15 is 0 Å². The van der Waals surface area contributed by atoms with Crippen molar-refractivity contribution in [3.63, 3.8) is 0 Å². The molecule has 6 nitrogen and oxygen atoms in total. The van der Waals surface area contributed by atoms with Crippen LogP contribution in [0.3, 0.4) is 0 Å². The van der Waals surface area contributed by atoms with Crippen LogP contribution >= 0.6 is 0 Å². The second kappa shape index (κ2) is 5.94. The van der Waals surface area contributed by atoms with Gasteiger partial charge in [0.15, 0.2) is 0 Å². The van der Waals surface area contributed by atoms with Gasteiger partial charge in [0.1, 0.15) is 0 Å². The number of carbonyl (C=O) groups is 1. The second-order valence-electron chi connectivity index (χ2n) is 4.40. The molecule has 0 spiro atoms. The van der Waals surface area contributed by atoms with Crippen molar-refractivity contribution in [2.45, 2.75) is 11.4 Å². The number of sulfonamides is 1. The fourth-order valence-corrected chi connectivity index (χ4v) is 2.91. The first kappa shape index (κ1) is 15.0. The van der Waals surface area contributed by atoms with Crippen molar-refractivity contribution in [2.24, 2.45) is 11.5 Å². The Hall–Kier alpha value is -2.38. The SMILES string of the molecule is NCc1cccc(S(=O)(=O)Nc2cccc(C(N)=O)c2)c1. The molecule has 21 heavy (non-hydrogen) atoms. The van der Waals surface area contributed by atoms with E-state index in [2.05, 4.69) is 4.72 Å². The zero-order valence-corrected chi connectivity index (χ0v) is 11.9. The van der Waals surface area contributed by atoms with E-state index in [0.717, 1.165) is 0 Å². The van der Waals surface area contributed by atoms with Gasteiger partial charge >= 0.3 is 0 Å². The number of primary amides is 1. The molecule has 2 rings (SSSR count). The standard InChI is InChI=1S/C14H15N3O3S/c15-9-10-3-1-6-13(7-10)21(19,20)17-12-5-2-4-11(8-12)14(16)18/h1-8,17H,9,15H2,(H2,16,18). The maximum absolute atomic E-state index is 12.3. The lowest BCUT2D eigenvalue weighted by molar-refractivity contribution is 0.100. The number of anilines is 1. The van der Waals surface area contributed by atoms with Gasteiger partial charge in [-0.3, -0.25) is 9.52 Å². The van der Waals surface area contributed by atoms with Crippen molar-refractivity contribution in [1.29, 1.82) is 0 Å². The van der Waals surface area contributed by atoms with Crippen LogP contribution in [0.25, 0.3) is 0 Å². The number of hydrogen-bond acceptors (Lipinski definition) is 4. The van der Waals surface area contributed by atoms with E-state index in [0.29, 0.717) is 5.56 Å². The van der Waals surface area contributed by atoms with E-state index in [9.17, 15) is 13.2 Å². The molecule has 0 radical (unpaired) electrons. The molecule has 110 valence electrons. The molecule has 0 unspecified atom stereocenters. The molecular weight excluding hydrogens is 290 g/mol. The topological polar surface area (TPSA) is 115 Å². The molecule has 0 saturated carbocycles. The van der Waals surface area contributed by atoms with Crippen LogP contribution in [-0.2, 0) is 16.6 Å². The number of nitrogens with two attached hydrogens (primary N) is 2. The number of benzene rings is 2. The summed E-state index contributed by atoms with van der Waals surface area (Å²) in [4.78, 5) is 11.2. The van der Waals surface area contributed by atoms with E-state index in [1.165, 1.54) is 30.3 Å². The van der Waals surface area contributed by atoms with Crippen LogP contribution < -0.4 is 16.2 Å². The van der Waals surface area contributed by atoms with Gasteiger partial charge in [-0.05, 0) is 35.9 Å². The Labute approximate surface area is 122 Å². The summed E-state index contributed by atoms with van der Waals surface area (Å²) in [6.07, 6.45) is 0. The van der Waals surface area contributed by atoms with Gasteiger partial charge in [-0.2, -0.15) is 0 Å². The van der Waals surface area contributed by atoms with Gasteiger partial charge in [-0.15, -0.1) is 0 Å². The Morgan fingerprint density at radius 3 is 2.48 bits per heavy atom. The van der Waals surface area contributed by atoms with Crippen LogP contribution in [0, 0.1) is 0 Å². The maximum Gasteiger partial charge on any atom is 0.261 e. The third kappa shape index (κ3) is 3.59. The monoisotopic (exact) mass is 305 g/mol. The molecule has 0 aliphatic heterocycles. The van der Waals surface area contributed by atoms with Gasteiger partial charge in [-0.1, -0.05) is 18.2 Å². The summed E-state index contributed by atoms with van der Waals surface area (Å²) < 4.78 is 27.0. The van der Waals surface area contributed by atoms with Gasteiger partial charge in [0.2, 0.25) is 5.91 Å². The molecule has 0 aliphatic rings. The summed E-state index contributed by atoms with van der Waals surface area (Å²) in [6.45, 7) is 0.251. The zero-order chi connectivity index (χ0) is 15.5. The van der Waals surface area contributed by atoms with Crippen molar-refractivity contribution >= 4 is 21.6 Å². The van der Waals surface area contributed by atoms with Crippen LogP contribution in [0.2, 0.25) is 0 Å². The van der Waals surface area contributed by atoms with E-state index in [4.69, 9.17) is 11.5 Å². The number of carbonyl (C=O) groups excluding carboxylic acids is 1. The normalized spacial score (nSPS) is 11.1. The second-order valence-corrected chi connectivity index (χ2v) is 6.08. The molecule has 7 heteroatoms. The summed E-state index contributed by atoms with van der Waals surface area (Å²) in [7, 11) is -3.75. The molecule has 0 aliphatic carbocycles. The van der Waals surface area contributed by atoms with Gasteiger partial charge < -0.3 is 11.5 Å². The minimum Gasteiger partial charge on any atom is -0.366 e. The molecule has 0 fully saturated rings. The largest absolute Gasteiger partial charge is 0.366 e. The summed E-state index contributed by atoms with van der Waals surface area (Å²) in [5.41, 5.74) is 11.9. The fraction of sp³-hybridized carbons (Fsp3) is 0.0714. The van der Waals surface area contributed by atoms with Crippen molar-refractivity contribution in [3.8, 4) is 0 Å². The van der Waals surface area contributed by atoms with Crippen molar-refractivity contribution < 1.29 is 13.2 Å². The highest BCUT2D eigenvalue weighted by Gasteiger charge is 2.15. The number of rotatable bonds is 5. The molecule has 0 aromatic heterocycles. The lowest BCUT2D eigenvalue weighted by atomic mass is 10.2. The Balaban J connectivity index is 2.32. The van der Waals surface area contributed by atoms with Crippen LogP contribution in [0.1, 0.15) is 15.9 Å². The molecule has 0 saturated heterocycles. The zero-order valence-electron chi connectivity index (χ0n) is 11.1. The minimum atomic E-state index is -3.75. The first-order valence-corrected chi connectivity index (χ1v) is 7.62. The summed E-state index contributed by atoms with van der Waals surface area (Å²) in [5, 5.41) is 0. The fourth-order valence-electron chi connectivity index (χ4n) is 1.79. The highest BCUT2D eigenvalue weighted by atomic mass is 32.2. The molecule has 0 atom stereocenters. The number of nitrogens with one attached hydrogen (secondary N) is 1. The molecule has 0 heterocycles. The molecule has 2 aromatic rings. The third-order valence-electron chi connectivity index (χ3n) is 2.84. The Morgan fingerprint density at radius 2 is 1.81 bits per heavy atom. The van der Waals surface area contributed by atoms with Crippen LogP contribution in [0.15, 0.2) is 53.4 Å². The van der Waals surface area contributed by atoms with Gasteiger partial charge in [-0.25, -0.2) is 8.42 Å². The number of hydrogen-bond donors (Lipinski definition) is 3. The predicted octanol–water partition coefficient (Wildman–Crippen LogP) is 1.04. The third-order valence-corrected chi connectivity index (χ3v) is 4.22. The average Bonchev–Trinajstić information content (AvgIpc) is 2.47. The quantitative estimate of drug-likeness (QED) is 0.765. The van der Waals surface area contributed by atoms with E-state index in [1.807, 2.05) is 0 Å². The maximum atomic E-state index is 12.3. The van der Waals surface area contributed by atoms with E-state index in [-0.39, 0.29) is 22.7 Å². The lowest BCUT2D eigenvalue weighted by Crippen LogP contribution is -2.15. The molecule has 1 amide bonds. The Morgan fingerprint density at radius 1 is 1.10 bits per heavy atom. The average molecular weight is 305 g/mol. The van der Waals surface area contributed by atoms with E-state index in [1.54, 1.807) is 18.2 Å². The van der Waals surface area contributed by atoms with E-state index < -0.39 is 15.9 Å². The lowest BCUT2D eigenvalue weighted by Gasteiger charge is -2.09. The molecule has 5 N–H and O–H groups in total.